The van der Waals surface area contributed by atoms with Crippen LogP contribution in [0.1, 0.15) is 64.2 Å². The predicted molar refractivity (Wildman–Crippen MR) is 84.8 cm³/mol. The predicted octanol–water partition coefficient (Wildman–Crippen LogP) is 1.72. The van der Waals surface area contributed by atoms with E-state index in [9.17, 15) is 14.4 Å². The van der Waals surface area contributed by atoms with Crippen molar-refractivity contribution >= 4 is 24.9 Å². The van der Waals surface area contributed by atoms with Gasteiger partial charge in [0.25, 0.3) is 17.9 Å². The van der Waals surface area contributed by atoms with Gasteiger partial charge in [-0.2, -0.15) is 0 Å². The van der Waals surface area contributed by atoms with Gasteiger partial charge in [-0.1, -0.05) is 38.5 Å². The Labute approximate surface area is 150 Å². The van der Waals surface area contributed by atoms with Gasteiger partial charge < -0.3 is 23.4 Å². The topological polar surface area (TPSA) is 101 Å². The lowest BCUT2D eigenvalue weighted by atomic mass is 9.67. The van der Waals surface area contributed by atoms with Crippen LogP contribution >= 0.6 is 0 Å². The van der Waals surface area contributed by atoms with Crippen molar-refractivity contribution in [3.05, 3.63) is 0 Å². The van der Waals surface area contributed by atoms with Crippen LogP contribution in [0.4, 0.5) is 0 Å². The standard InChI is InChI=1S/C17H22BO8/c19-12-15(7-3-1-4-8-15)13(20)24-18(23-12)25-14(21)16(9-5-2-6-10-16)17(26-18)11-22-17/h1-11H2/q-1. The van der Waals surface area contributed by atoms with E-state index in [1.165, 1.54) is 0 Å². The zero-order chi connectivity index (χ0) is 18.0. The van der Waals surface area contributed by atoms with Crippen molar-refractivity contribution in [2.45, 2.75) is 70.0 Å². The fourth-order valence-electron chi connectivity index (χ4n) is 5.17. The minimum atomic E-state index is -3.25. The maximum absolute atomic E-state index is 12.9. The van der Waals surface area contributed by atoms with Crippen LogP contribution in [0.2, 0.25) is 0 Å². The minimum Gasteiger partial charge on any atom is -0.596 e. The van der Waals surface area contributed by atoms with Crippen LogP contribution in [0.25, 0.3) is 0 Å². The summed E-state index contributed by atoms with van der Waals surface area (Å²) >= 11 is 0. The third kappa shape index (κ3) is 2.01. The summed E-state index contributed by atoms with van der Waals surface area (Å²) in [4.78, 5) is 38.4. The lowest BCUT2D eigenvalue weighted by Gasteiger charge is -2.56. The van der Waals surface area contributed by atoms with Crippen molar-refractivity contribution in [2.24, 2.45) is 10.8 Å². The zero-order valence-corrected chi connectivity index (χ0v) is 14.6. The van der Waals surface area contributed by atoms with Crippen LogP contribution in [0.5, 0.6) is 0 Å². The first kappa shape index (κ1) is 16.6. The monoisotopic (exact) mass is 365 g/mol. The Morgan fingerprint density at radius 2 is 1.19 bits per heavy atom. The molecular formula is C17H22BO8-. The Balaban J connectivity index is 1.44. The first-order valence-electron chi connectivity index (χ1n) is 9.63. The normalized spacial score (nSPS) is 36.7. The van der Waals surface area contributed by atoms with E-state index in [1.807, 2.05) is 0 Å². The Hall–Kier alpha value is -1.61. The van der Waals surface area contributed by atoms with Gasteiger partial charge in [0.05, 0.1) is 0 Å². The molecule has 5 rings (SSSR count). The fourth-order valence-corrected chi connectivity index (χ4v) is 5.17. The Morgan fingerprint density at radius 3 is 1.73 bits per heavy atom. The molecule has 0 amide bonds. The van der Waals surface area contributed by atoms with E-state index in [-0.39, 0.29) is 6.61 Å². The molecule has 142 valence electrons. The van der Waals surface area contributed by atoms with Crippen LogP contribution in [-0.4, -0.2) is 37.3 Å². The van der Waals surface area contributed by atoms with Gasteiger partial charge >= 0.3 is 6.96 Å². The van der Waals surface area contributed by atoms with Crippen molar-refractivity contribution in [3.8, 4) is 0 Å². The summed E-state index contributed by atoms with van der Waals surface area (Å²) in [5.41, 5.74) is -2.20. The lowest BCUT2D eigenvalue weighted by Crippen LogP contribution is -2.71. The van der Waals surface area contributed by atoms with E-state index in [1.54, 1.807) is 0 Å². The highest BCUT2D eigenvalue weighted by molar-refractivity contribution is 6.61. The summed E-state index contributed by atoms with van der Waals surface area (Å²) in [5.74, 6) is -3.19. The smallest absolute Gasteiger partial charge is 0.596 e. The molecule has 5 aliphatic rings. The first-order chi connectivity index (χ1) is 12.5. The Morgan fingerprint density at radius 1 is 0.692 bits per heavy atom. The molecule has 2 saturated carbocycles. The molecule has 0 N–H and O–H groups in total. The zero-order valence-electron chi connectivity index (χ0n) is 14.6. The molecule has 0 bridgehead atoms. The van der Waals surface area contributed by atoms with Crippen molar-refractivity contribution in [1.29, 1.82) is 0 Å². The molecule has 0 aromatic heterocycles. The number of carbonyl (C=O) groups excluding carboxylic acids is 3. The van der Waals surface area contributed by atoms with Gasteiger partial charge in [0, 0.05) is 0 Å². The van der Waals surface area contributed by atoms with Gasteiger partial charge in [-0.15, -0.1) is 0 Å². The number of epoxide rings is 1. The second kappa shape index (κ2) is 5.22. The molecule has 0 aromatic rings. The van der Waals surface area contributed by atoms with E-state index in [2.05, 4.69) is 0 Å². The third-order valence-electron chi connectivity index (χ3n) is 6.81. The van der Waals surface area contributed by atoms with Crippen molar-refractivity contribution in [1.82, 2.24) is 0 Å². The molecule has 0 radical (unpaired) electrons. The number of ether oxygens (including phenoxy) is 1. The molecule has 26 heavy (non-hydrogen) atoms. The van der Waals surface area contributed by atoms with Crippen LogP contribution in [-0.2, 0) is 37.7 Å². The lowest BCUT2D eigenvalue weighted by molar-refractivity contribution is -0.224. The molecule has 2 aliphatic carbocycles. The average Bonchev–Trinajstić information content (AvgIpc) is 3.41. The minimum absolute atomic E-state index is 0.200. The van der Waals surface area contributed by atoms with Gasteiger partial charge in [-0.3, -0.25) is 14.4 Å². The van der Waals surface area contributed by atoms with E-state index in [4.69, 9.17) is 23.4 Å². The van der Waals surface area contributed by atoms with Gasteiger partial charge in [-0.25, -0.2) is 0 Å². The Kier molecular flexibility index (Phi) is 3.33. The molecule has 1 atom stereocenters. The molecule has 5 fully saturated rings. The van der Waals surface area contributed by atoms with Crippen molar-refractivity contribution < 1.29 is 37.7 Å². The number of fused-ring (bicyclic) bond motifs is 1. The molecular weight excluding hydrogens is 343 g/mol. The largest absolute Gasteiger partial charge is 0.721 e. The molecule has 3 heterocycles. The van der Waals surface area contributed by atoms with Gasteiger partial charge in [0.2, 0.25) is 0 Å². The number of rotatable bonds is 0. The molecule has 1 unspecified atom stereocenters. The second-order valence-corrected chi connectivity index (χ2v) is 8.24. The third-order valence-corrected chi connectivity index (χ3v) is 6.81. The summed E-state index contributed by atoms with van der Waals surface area (Å²) in [7, 11) is 0. The van der Waals surface area contributed by atoms with Gasteiger partial charge in [-0.05, 0) is 25.7 Å². The van der Waals surface area contributed by atoms with Crippen molar-refractivity contribution in [3.63, 3.8) is 0 Å². The molecule has 3 saturated heterocycles. The maximum Gasteiger partial charge on any atom is 0.721 e. The first-order valence-corrected chi connectivity index (χ1v) is 9.63. The van der Waals surface area contributed by atoms with Gasteiger partial charge in [0.1, 0.15) is 12.0 Å². The average molecular weight is 365 g/mol. The number of carbonyl (C=O) groups is 3. The van der Waals surface area contributed by atoms with Crippen molar-refractivity contribution in [2.75, 3.05) is 6.61 Å². The molecule has 8 nitrogen and oxygen atoms in total. The highest BCUT2D eigenvalue weighted by atomic mass is 17.0. The van der Waals surface area contributed by atoms with Crippen LogP contribution in [0.15, 0.2) is 0 Å². The quantitative estimate of drug-likeness (QED) is 0.363. The van der Waals surface area contributed by atoms with Crippen LogP contribution in [0.3, 0.4) is 0 Å². The van der Waals surface area contributed by atoms with Crippen LogP contribution in [0, 0.1) is 10.8 Å². The SMILES string of the molecule is O=C1O[B-]2(OC(=O)C13CCCCC3)OC(=O)C1(CCCCC1)C1(CO1)O2. The van der Waals surface area contributed by atoms with Gasteiger partial charge in [0.15, 0.2) is 11.2 Å². The number of hydrogen-bond acceptors (Lipinski definition) is 8. The van der Waals surface area contributed by atoms with E-state index in [0.29, 0.717) is 25.7 Å². The highest BCUT2D eigenvalue weighted by Gasteiger charge is 2.75. The summed E-state index contributed by atoms with van der Waals surface area (Å²) in [6, 6.07) is 0. The highest BCUT2D eigenvalue weighted by Crippen LogP contribution is 2.59. The summed E-state index contributed by atoms with van der Waals surface area (Å²) in [5, 5.41) is 0. The molecule has 9 heteroatoms. The molecule has 4 spiro atoms. The molecule has 0 aromatic carbocycles. The molecule has 3 aliphatic heterocycles. The second-order valence-electron chi connectivity index (χ2n) is 8.24. The fraction of sp³-hybridized carbons (Fsp3) is 0.824. The van der Waals surface area contributed by atoms with E-state index < -0.39 is 41.5 Å². The Bertz CT molecular complexity index is 647. The summed E-state index contributed by atoms with van der Waals surface area (Å²) < 4.78 is 27.6. The number of hydrogen-bond donors (Lipinski definition) is 0. The van der Waals surface area contributed by atoms with E-state index >= 15 is 0 Å². The van der Waals surface area contributed by atoms with E-state index in [0.717, 1.165) is 38.5 Å². The summed E-state index contributed by atoms with van der Waals surface area (Å²) in [6.45, 7) is -3.05. The summed E-state index contributed by atoms with van der Waals surface area (Å²) in [6.07, 6.45) is 7.18. The van der Waals surface area contributed by atoms with Crippen LogP contribution < -0.4 is 0 Å². The maximum atomic E-state index is 12.9.